The quantitative estimate of drug-likeness (QED) is 0.598. The van der Waals surface area contributed by atoms with Gasteiger partial charge in [-0.25, -0.2) is 4.79 Å². The number of carboxylic acid groups (broad SMARTS) is 1. The van der Waals surface area contributed by atoms with Crippen LogP contribution in [-0.4, -0.2) is 41.7 Å². The van der Waals surface area contributed by atoms with Gasteiger partial charge in [-0.1, -0.05) is 0 Å². The number of nitrogens with zero attached hydrogens (tertiary/aromatic N) is 1. The summed E-state index contributed by atoms with van der Waals surface area (Å²) in [6, 6.07) is 1.44. The predicted octanol–water partition coefficient (Wildman–Crippen LogP) is 1.04. The van der Waals surface area contributed by atoms with Crippen molar-refractivity contribution in [3.05, 3.63) is 38.9 Å². The number of hydrogen-bond donors (Lipinski definition) is 2. The van der Waals surface area contributed by atoms with Gasteiger partial charge in [-0.15, -0.1) is 0 Å². The monoisotopic (exact) mass is 296 g/mol. The van der Waals surface area contributed by atoms with Crippen molar-refractivity contribution in [2.24, 2.45) is 0 Å². The molecule has 21 heavy (non-hydrogen) atoms. The van der Waals surface area contributed by atoms with Crippen molar-refractivity contribution in [1.82, 2.24) is 5.32 Å². The smallest absolute Gasteiger partial charge is 0.328 e. The van der Waals surface area contributed by atoms with Crippen LogP contribution in [-0.2, 0) is 9.53 Å². The molecule has 1 aromatic carbocycles. The summed E-state index contributed by atoms with van der Waals surface area (Å²) in [7, 11) is 1.31. The number of aryl methyl sites for hydroxylation is 2. The molecule has 0 spiro atoms. The minimum atomic E-state index is -1.25. The van der Waals surface area contributed by atoms with Crippen LogP contribution < -0.4 is 5.32 Å². The molecule has 0 radical (unpaired) electrons. The molecule has 114 valence electrons. The highest BCUT2D eigenvalue weighted by atomic mass is 16.6. The molecule has 0 aromatic heterocycles. The van der Waals surface area contributed by atoms with E-state index in [9.17, 15) is 19.7 Å². The van der Waals surface area contributed by atoms with Gasteiger partial charge in [-0.05, 0) is 25.5 Å². The third-order valence-electron chi connectivity index (χ3n) is 2.92. The first-order chi connectivity index (χ1) is 9.77. The van der Waals surface area contributed by atoms with Gasteiger partial charge in [0, 0.05) is 24.3 Å². The van der Waals surface area contributed by atoms with Crippen LogP contribution in [0.5, 0.6) is 0 Å². The molecule has 2 N–H and O–H groups in total. The summed E-state index contributed by atoms with van der Waals surface area (Å²) in [6.45, 7) is 2.99. The lowest BCUT2D eigenvalue weighted by Crippen LogP contribution is -2.44. The number of carboxylic acids is 1. The van der Waals surface area contributed by atoms with Crippen molar-refractivity contribution in [2.45, 2.75) is 19.9 Å². The van der Waals surface area contributed by atoms with Gasteiger partial charge >= 0.3 is 5.97 Å². The highest BCUT2D eigenvalue weighted by molar-refractivity contribution is 5.98. The van der Waals surface area contributed by atoms with Gasteiger partial charge in [0.05, 0.1) is 11.5 Å². The second-order valence-corrected chi connectivity index (χ2v) is 4.53. The standard InChI is InChI=1S/C13H16N2O6/c1-7-4-8(2)11(15(19)20)5-9(7)12(16)14-10(6-21-3)13(17)18/h4-5,10H,6H2,1-3H3,(H,14,16)(H,17,18). The van der Waals surface area contributed by atoms with Crippen molar-refractivity contribution in [3.63, 3.8) is 0 Å². The van der Waals surface area contributed by atoms with E-state index in [1.54, 1.807) is 13.8 Å². The van der Waals surface area contributed by atoms with Crippen LogP contribution in [0.15, 0.2) is 12.1 Å². The van der Waals surface area contributed by atoms with E-state index in [1.165, 1.54) is 13.2 Å². The molecule has 0 fully saturated rings. The van der Waals surface area contributed by atoms with Gasteiger partial charge in [0.1, 0.15) is 0 Å². The lowest BCUT2D eigenvalue weighted by Gasteiger charge is -2.14. The van der Waals surface area contributed by atoms with Crippen molar-refractivity contribution in [3.8, 4) is 0 Å². The number of nitrogens with one attached hydrogen (secondary N) is 1. The largest absolute Gasteiger partial charge is 0.480 e. The third-order valence-corrected chi connectivity index (χ3v) is 2.92. The maximum atomic E-state index is 12.1. The van der Waals surface area contributed by atoms with E-state index in [2.05, 4.69) is 5.32 Å². The van der Waals surface area contributed by atoms with Crippen LogP contribution in [0.4, 0.5) is 5.69 Å². The highest BCUT2D eigenvalue weighted by Gasteiger charge is 2.23. The Morgan fingerprint density at radius 2 is 2.00 bits per heavy atom. The number of hydrogen-bond acceptors (Lipinski definition) is 5. The van der Waals surface area contributed by atoms with Crippen LogP contribution in [0.25, 0.3) is 0 Å². The zero-order chi connectivity index (χ0) is 16.2. The summed E-state index contributed by atoms with van der Waals surface area (Å²) in [6.07, 6.45) is 0. The van der Waals surface area contributed by atoms with E-state index in [1.807, 2.05) is 0 Å². The Morgan fingerprint density at radius 3 is 2.48 bits per heavy atom. The minimum Gasteiger partial charge on any atom is -0.480 e. The molecule has 0 aliphatic rings. The maximum absolute atomic E-state index is 12.1. The number of methoxy groups -OCH3 is 1. The molecule has 1 aromatic rings. The Labute approximate surface area is 120 Å². The number of aliphatic carboxylic acids is 1. The average Bonchev–Trinajstić information content (AvgIpc) is 2.37. The lowest BCUT2D eigenvalue weighted by molar-refractivity contribution is -0.385. The van der Waals surface area contributed by atoms with Crippen LogP contribution in [0.1, 0.15) is 21.5 Å². The van der Waals surface area contributed by atoms with E-state index in [0.717, 1.165) is 6.07 Å². The number of benzene rings is 1. The van der Waals surface area contributed by atoms with Crippen molar-refractivity contribution < 1.29 is 24.4 Å². The predicted molar refractivity (Wildman–Crippen MR) is 73.3 cm³/mol. The summed E-state index contributed by atoms with van der Waals surface area (Å²) in [5.41, 5.74) is 0.830. The summed E-state index contributed by atoms with van der Waals surface area (Å²) in [5, 5.41) is 22.1. The van der Waals surface area contributed by atoms with Crippen LogP contribution in [0.2, 0.25) is 0 Å². The number of rotatable bonds is 6. The molecule has 8 heteroatoms. The van der Waals surface area contributed by atoms with Crippen molar-refractivity contribution in [2.75, 3.05) is 13.7 Å². The molecule has 0 saturated heterocycles. The number of amides is 1. The Hall–Kier alpha value is -2.48. The normalized spacial score (nSPS) is 11.8. The fraction of sp³-hybridized carbons (Fsp3) is 0.385. The molecule has 0 aliphatic heterocycles. The Bertz CT molecular complexity index is 584. The zero-order valence-corrected chi connectivity index (χ0v) is 11.9. The molecule has 1 rings (SSSR count). The summed E-state index contributed by atoms with van der Waals surface area (Å²) in [4.78, 5) is 33.4. The van der Waals surface area contributed by atoms with E-state index >= 15 is 0 Å². The SMILES string of the molecule is COCC(NC(=O)c1cc([N+](=O)[O-])c(C)cc1C)C(=O)O. The van der Waals surface area contributed by atoms with Crippen LogP contribution in [0.3, 0.4) is 0 Å². The third kappa shape index (κ3) is 3.99. The summed E-state index contributed by atoms with van der Waals surface area (Å²) >= 11 is 0. The van der Waals surface area contributed by atoms with Gasteiger partial charge in [-0.2, -0.15) is 0 Å². The van der Waals surface area contributed by atoms with E-state index in [0.29, 0.717) is 11.1 Å². The number of nitro benzene ring substituents is 1. The van der Waals surface area contributed by atoms with E-state index in [-0.39, 0.29) is 17.9 Å². The van der Waals surface area contributed by atoms with Gasteiger partial charge in [0.2, 0.25) is 0 Å². The Morgan fingerprint density at radius 1 is 1.38 bits per heavy atom. The van der Waals surface area contributed by atoms with Crippen molar-refractivity contribution >= 4 is 17.6 Å². The number of ether oxygens (including phenoxy) is 1. The maximum Gasteiger partial charge on any atom is 0.328 e. The molecular weight excluding hydrogens is 280 g/mol. The highest BCUT2D eigenvalue weighted by Crippen LogP contribution is 2.22. The van der Waals surface area contributed by atoms with Crippen molar-refractivity contribution in [1.29, 1.82) is 0 Å². The van der Waals surface area contributed by atoms with E-state index < -0.39 is 22.8 Å². The first-order valence-corrected chi connectivity index (χ1v) is 6.06. The Balaban J connectivity index is 3.09. The van der Waals surface area contributed by atoms with E-state index in [4.69, 9.17) is 9.84 Å². The summed E-state index contributed by atoms with van der Waals surface area (Å²) < 4.78 is 4.71. The first kappa shape index (κ1) is 16.6. The second kappa shape index (κ2) is 6.80. The molecule has 0 aliphatic carbocycles. The molecule has 1 unspecified atom stereocenters. The van der Waals surface area contributed by atoms with Gasteiger partial charge in [-0.3, -0.25) is 14.9 Å². The second-order valence-electron chi connectivity index (χ2n) is 4.53. The molecule has 0 heterocycles. The molecule has 8 nitrogen and oxygen atoms in total. The number of carbonyl (C=O) groups excluding carboxylic acids is 1. The lowest BCUT2D eigenvalue weighted by atomic mass is 10.0. The fourth-order valence-electron chi connectivity index (χ4n) is 1.86. The van der Waals surface area contributed by atoms with Crippen LogP contribution >= 0.6 is 0 Å². The van der Waals surface area contributed by atoms with Gasteiger partial charge in [0.25, 0.3) is 11.6 Å². The van der Waals surface area contributed by atoms with Crippen LogP contribution in [0, 0.1) is 24.0 Å². The number of carbonyl (C=O) groups is 2. The summed E-state index contributed by atoms with van der Waals surface area (Å²) in [5.74, 6) is -1.94. The first-order valence-electron chi connectivity index (χ1n) is 6.06. The average molecular weight is 296 g/mol. The molecule has 1 atom stereocenters. The molecule has 0 saturated carbocycles. The number of nitro groups is 1. The molecule has 1 amide bonds. The topological polar surface area (TPSA) is 119 Å². The fourth-order valence-corrected chi connectivity index (χ4v) is 1.86. The van der Waals surface area contributed by atoms with Gasteiger partial charge in [0.15, 0.2) is 6.04 Å². The molecular formula is C13H16N2O6. The van der Waals surface area contributed by atoms with Gasteiger partial charge < -0.3 is 15.2 Å². The minimum absolute atomic E-state index is 0.0645. The Kier molecular flexibility index (Phi) is 5.37. The molecule has 0 bridgehead atoms. The zero-order valence-electron chi connectivity index (χ0n) is 11.9.